The van der Waals surface area contributed by atoms with Crippen LogP contribution in [0.1, 0.15) is 22.8 Å². The molecule has 2 amide bonds. The number of halogens is 1. The summed E-state index contributed by atoms with van der Waals surface area (Å²) in [4.78, 5) is 25.3. The van der Waals surface area contributed by atoms with Crippen LogP contribution in [0.15, 0.2) is 47.4 Å². The van der Waals surface area contributed by atoms with Gasteiger partial charge in [0.15, 0.2) is 11.5 Å². The lowest BCUT2D eigenvalue weighted by atomic mass is 10.1. The van der Waals surface area contributed by atoms with Crippen LogP contribution in [0.2, 0.25) is 5.02 Å². The summed E-state index contributed by atoms with van der Waals surface area (Å²) in [5.41, 5.74) is 5.84. The molecule has 2 rings (SSSR count). The third-order valence-corrected chi connectivity index (χ3v) is 4.88. The molecule has 0 bridgehead atoms. The Labute approximate surface area is 173 Å². The van der Waals surface area contributed by atoms with Gasteiger partial charge in [-0.1, -0.05) is 23.8 Å². The summed E-state index contributed by atoms with van der Waals surface area (Å²) in [6, 6.07) is 10.4. The Morgan fingerprint density at radius 2 is 1.82 bits per heavy atom. The van der Waals surface area contributed by atoms with Crippen LogP contribution < -0.4 is 20.3 Å². The van der Waals surface area contributed by atoms with E-state index in [1.54, 1.807) is 30.3 Å². The molecule has 2 aromatic rings. The van der Waals surface area contributed by atoms with Crippen molar-refractivity contribution in [3.63, 3.8) is 0 Å². The molecular formula is C20H21ClN2O4S. The van der Waals surface area contributed by atoms with Gasteiger partial charge in [0, 0.05) is 21.0 Å². The predicted octanol–water partition coefficient (Wildman–Crippen LogP) is 3.94. The van der Waals surface area contributed by atoms with Crippen molar-refractivity contribution in [2.75, 3.05) is 20.0 Å². The van der Waals surface area contributed by atoms with Crippen molar-refractivity contribution in [3.05, 3.63) is 58.6 Å². The molecule has 0 heterocycles. The van der Waals surface area contributed by atoms with E-state index in [9.17, 15) is 9.59 Å². The highest BCUT2D eigenvalue weighted by Crippen LogP contribution is 2.33. The first-order chi connectivity index (χ1) is 13.5. The third-order valence-electron chi connectivity index (χ3n) is 3.62. The maximum absolute atomic E-state index is 12.4. The average molecular weight is 421 g/mol. The number of hydrogen-bond donors (Lipinski definition) is 2. The highest BCUT2D eigenvalue weighted by Gasteiger charge is 2.15. The number of methoxy groups -OCH3 is 2. The van der Waals surface area contributed by atoms with E-state index in [0.717, 1.165) is 4.90 Å². The summed E-state index contributed by atoms with van der Waals surface area (Å²) in [7, 11) is 3.03. The Balaban J connectivity index is 1.99. The predicted molar refractivity (Wildman–Crippen MR) is 112 cm³/mol. The molecule has 0 saturated heterocycles. The number of amides is 2. The molecule has 0 spiro atoms. The van der Waals surface area contributed by atoms with Gasteiger partial charge < -0.3 is 9.47 Å². The van der Waals surface area contributed by atoms with E-state index in [1.807, 2.05) is 25.1 Å². The highest BCUT2D eigenvalue weighted by molar-refractivity contribution is 8.00. The van der Waals surface area contributed by atoms with E-state index in [2.05, 4.69) is 10.9 Å². The molecule has 0 aliphatic rings. The molecule has 2 aromatic carbocycles. The number of hydrogen-bond acceptors (Lipinski definition) is 5. The zero-order chi connectivity index (χ0) is 20.5. The third kappa shape index (κ3) is 5.94. The second kappa shape index (κ2) is 10.6. The van der Waals surface area contributed by atoms with Gasteiger partial charge in [-0.15, -0.1) is 11.8 Å². The zero-order valence-corrected chi connectivity index (χ0v) is 17.3. The summed E-state index contributed by atoms with van der Waals surface area (Å²) in [5, 5.41) is 0.633. The average Bonchev–Trinajstić information content (AvgIpc) is 2.71. The molecule has 0 aliphatic heterocycles. The van der Waals surface area contributed by atoms with Crippen LogP contribution in [0.5, 0.6) is 11.5 Å². The number of carbonyl (C=O) groups is 2. The van der Waals surface area contributed by atoms with Crippen LogP contribution >= 0.6 is 23.4 Å². The molecule has 2 N–H and O–H groups in total. The van der Waals surface area contributed by atoms with Crippen molar-refractivity contribution in [1.82, 2.24) is 10.9 Å². The van der Waals surface area contributed by atoms with E-state index in [0.29, 0.717) is 27.6 Å². The molecule has 0 aromatic heterocycles. The number of ether oxygens (including phenoxy) is 2. The standard InChI is InChI=1S/C20H21ClN2O4S/c1-4-5-13-10-14(11-17(26-2)19(13)27-3)20(25)23-22-18(24)12-28-16-8-6-15(21)7-9-16/h4-11H,12H2,1-3H3,(H,22,24)(H,23,25)/b5-4+. The van der Waals surface area contributed by atoms with Crippen molar-refractivity contribution >= 4 is 41.3 Å². The Kier molecular flexibility index (Phi) is 8.22. The number of thioether (sulfide) groups is 1. The van der Waals surface area contributed by atoms with Gasteiger partial charge in [0.05, 0.1) is 20.0 Å². The number of rotatable bonds is 7. The minimum atomic E-state index is -0.462. The summed E-state index contributed by atoms with van der Waals surface area (Å²) in [6.07, 6.45) is 3.63. The molecule has 0 unspecified atom stereocenters. The fourth-order valence-electron chi connectivity index (χ4n) is 2.34. The second-order valence-electron chi connectivity index (χ2n) is 5.55. The molecule has 0 fully saturated rings. The molecular weight excluding hydrogens is 400 g/mol. The first-order valence-corrected chi connectivity index (χ1v) is 9.71. The van der Waals surface area contributed by atoms with Gasteiger partial charge in [-0.25, -0.2) is 0 Å². The molecule has 28 heavy (non-hydrogen) atoms. The van der Waals surface area contributed by atoms with Gasteiger partial charge in [0.1, 0.15) is 0 Å². The first-order valence-electron chi connectivity index (χ1n) is 8.34. The van der Waals surface area contributed by atoms with Gasteiger partial charge in [-0.05, 0) is 43.3 Å². The van der Waals surface area contributed by atoms with Gasteiger partial charge in [-0.2, -0.15) is 0 Å². The number of hydrazine groups is 1. The number of benzene rings is 2. The Morgan fingerprint density at radius 3 is 2.43 bits per heavy atom. The van der Waals surface area contributed by atoms with Gasteiger partial charge >= 0.3 is 0 Å². The van der Waals surface area contributed by atoms with Crippen LogP contribution in [0, 0.1) is 0 Å². The highest BCUT2D eigenvalue weighted by atomic mass is 35.5. The van der Waals surface area contributed by atoms with E-state index in [1.165, 1.54) is 26.0 Å². The van der Waals surface area contributed by atoms with Crippen molar-refractivity contribution in [1.29, 1.82) is 0 Å². The van der Waals surface area contributed by atoms with Crippen molar-refractivity contribution in [3.8, 4) is 11.5 Å². The summed E-state index contributed by atoms with van der Waals surface area (Å²) in [6.45, 7) is 1.86. The normalized spacial score (nSPS) is 10.6. The Morgan fingerprint density at radius 1 is 1.11 bits per heavy atom. The summed E-state index contributed by atoms with van der Waals surface area (Å²) >= 11 is 7.17. The van der Waals surface area contributed by atoms with Crippen molar-refractivity contribution < 1.29 is 19.1 Å². The van der Waals surface area contributed by atoms with Gasteiger partial charge in [0.25, 0.3) is 5.91 Å². The van der Waals surface area contributed by atoms with E-state index >= 15 is 0 Å². The molecule has 0 atom stereocenters. The Bertz CT molecular complexity index is 869. The van der Waals surface area contributed by atoms with Crippen LogP contribution in [-0.2, 0) is 4.79 Å². The molecule has 8 heteroatoms. The van der Waals surface area contributed by atoms with Crippen molar-refractivity contribution in [2.24, 2.45) is 0 Å². The molecule has 6 nitrogen and oxygen atoms in total. The fraction of sp³-hybridized carbons (Fsp3) is 0.200. The van der Waals surface area contributed by atoms with Crippen LogP contribution in [-0.4, -0.2) is 31.8 Å². The maximum Gasteiger partial charge on any atom is 0.269 e. The zero-order valence-electron chi connectivity index (χ0n) is 15.7. The van der Waals surface area contributed by atoms with E-state index < -0.39 is 5.91 Å². The molecule has 148 valence electrons. The number of nitrogens with one attached hydrogen (secondary N) is 2. The van der Waals surface area contributed by atoms with E-state index in [-0.39, 0.29) is 11.7 Å². The van der Waals surface area contributed by atoms with Crippen LogP contribution in [0.4, 0.5) is 0 Å². The lowest BCUT2D eigenvalue weighted by molar-refractivity contribution is -0.119. The minimum absolute atomic E-state index is 0.150. The first kappa shape index (κ1) is 21.7. The fourth-order valence-corrected chi connectivity index (χ4v) is 3.17. The van der Waals surface area contributed by atoms with Crippen LogP contribution in [0.3, 0.4) is 0 Å². The second-order valence-corrected chi connectivity index (χ2v) is 7.03. The maximum atomic E-state index is 12.4. The molecule has 0 saturated carbocycles. The number of allylic oxidation sites excluding steroid dienone is 1. The topological polar surface area (TPSA) is 76.7 Å². The lowest BCUT2D eigenvalue weighted by Crippen LogP contribution is -2.42. The largest absolute Gasteiger partial charge is 0.493 e. The summed E-state index contributed by atoms with van der Waals surface area (Å²) in [5.74, 6) is 0.310. The van der Waals surface area contributed by atoms with Crippen LogP contribution in [0.25, 0.3) is 6.08 Å². The minimum Gasteiger partial charge on any atom is -0.493 e. The Hall–Kier alpha value is -2.64. The van der Waals surface area contributed by atoms with E-state index in [4.69, 9.17) is 21.1 Å². The van der Waals surface area contributed by atoms with Gasteiger partial charge in [0.2, 0.25) is 5.91 Å². The smallest absolute Gasteiger partial charge is 0.269 e. The molecule has 0 radical (unpaired) electrons. The lowest BCUT2D eigenvalue weighted by Gasteiger charge is -2.13. The monoisotopic (exact) mass is 420 g/mol. The van der Waals surface area contributed by atoms with Gasteiger partial charge in [-0.3, -0.25) is 20.4 Å². The quantitative estimate of drug-likeness (QED) is 0.524. The number of carbonyl (C=O) groups excluding carboxylic acids is 2. The van der Waals surface area contributed by atoms with Crippen molar-refractivity contribution in [2.45, 2.75) is 11.8 Å². The summed E-state index contributed by atoms with van der Waals surface area (Å²) < 4.78 is 10.6. The SMILES string of the molecule is C/C=C/c1cc(C(=O)NNC(=O)CSc2ccc(Cl)cc2)cc(OC)c1OC. The molecule has 0 aliphatic carbocycles.